The zero-order chi connectivity index (χ0) is 15.6. The van der Waals surface area contributed by atoms with Crippen molar-refractivity contribution in [2.24, 2.45) is 0 Å². The summed E-state index contributed by atoms with van der Waals surface area (Å²) in [6.45, 7) is 3.39. The summed E-state index contributed by atoms with van der Waals surface area (Å²) in [5.74, 6) is 0.522. The number of rotatable bonds is 5. The van der Waals surface area contributed by atoms with E-state index in [0.717, 1.165) is 6.07 Å². The minimum Gasteiger partial charge on any atom is -0.361 e. The molecule has 0 fully saturated rings. The standard InChI is InChI=1S/C12H13N3O5S/c1-8-12(9(2)20-14-8)7-13-21(18,19)11-5-3-4-10(6-11)15(16)17/h3-6,13H,7H2,1-2H3. The van der Waals surface area contributed by atoms with Crippen molar-refractivity contribution < 1.29 is 17.9 Å². The van der Waals surface area contributed by atoms with Crippen LogP contribution < -0.4 is 4.72 Å². The number of nitro benzene ring substituents is 1. The molecule has 0 spiro atoms. The smallest absolute Gasteiger partial charge is 0.270 e. The zero-order valence-electron chi connectivity index (χ0n) is 11.4. The summed E-state index contributed by atoms with van der Waals surface area (Å²) in [5, 5.41) is 14.4. The molecule has 2 aromatic rings. The molecule has 0 unspecified atom stereocenters. The Balaban J connectivity index is 2.23. The molecule has 0 aliphatic carbocycles. The molecular formula is C12H13N3O5S. The first kappa shape index (κ1) is 15.1. The van der Waals surface area contributed by atoms with Crippen LogP contribution in [-0.4, -0.2) is 18.5 Å². The molecule has 1 aromatic heterocycles. The van der Waals surface area contributed by atoms with Gasteiger partial charge < -0.3 is 4.52 Å². The highest BCUT2D eigenvalue weighted by Gasteiger charge is 2.19. The van der Waals surface area contributed by atoms with Crippen LogP contribution in [0.4, 0.5) is 5.69 Å². The van der Waals surface area contributed by atoms with Crippen molar-refractivity contribution in [3.05, 3.63) is 51.4 Å². The number of non-ortho nitro benzene ring substituents is 1. The van der Waals surface area contributed by atoms with E-state index >= 15 is 0 Å². The minimum absolute atomic E-state index is 0.00614. The minimum atomic E-state index is -3.85. The van der Waals surface area contributed by atoms with Crippen LogP contribution in [0.15, 0.2) is 33.7 Å². The highest BCUT2D eigenvalue weighted by molar-refractivity contribution is 7.89. The molecule has 1 heterocycles. The van der Waals surface area contributed by atoms with E-state index in [9.17, 15) is 18.5 Å². The fourth-order valence-corrected chi connectivity index (χ4v) is 2.80. The van der Waals surface area contributed by atoms with E-state index < -0.39 is 14.9 Å². The van der Waals surface area contributed by atoms with E-state index in [1.165, 1.54) is 18.2 Å². The van der Waals surface area contributed by atoms with Gasteiger partial charge in [-0.1, -0.05) is 11.2 Å². The largest absolute Gasteiger partial charge is 0.361 e. The van der Waals surface area contributed by atoms with Gasteiger partial charge >= 0.3 is 0 Å². The molecule has 0 atom stereocenters. The van der Waals surface area contributed by atoms with Gasteiger partial charge in [0.2, 0.25) is 10.0 Å². The van der Waals surface area contributed by atoms with Gasteiger partial charge in [0.15, 0.2) is 0 Å². The number of nitrogens with zero attached hydrogens (tertiary/aromatic N) is 2. The quantitative estimate of drug-likeness (QED) is 0.663. The molecule has 1 aromatic carbocycles. The molecule has 0 saturated carbocycles. The molecule has 9 heteroatoms. The summed E-state index contributed by atoms with van der Waals surface area (Å²) >= 11 is 0. The first-order valence-electron chi connectivity index (χ1n) is 5.97. The third kappa shape index (κ3) is 3.26. The van der Waals surface area contributed by atoms with Crippen molar-refractivity contribution in [1.82, 2.24) is 9.88 Å². The Morgan fingerprint density at radius 3 is 2.67 bits per heavy atom. The molecule has 0 radical (unpaired) electrons. The second kappa shape index (κ2) is 5.62. The summed E-state index contributed by atoms with van der Waals surface area (Å²) in [4.78, 5) is 9.87. The molecule has 2 rings (SSSR count). The lowest BCUT2D eigenvalue weighted by Gasteiger charge is -2.06. The van der Waals surface area contributed by atoms with Crippen molar-refractivity contribution in [1.29, 1.82) is 0 Å². The molecule has 1 N–H and O–H groups in total. The third-order valence-electron chi connectivity index (χ3n) is 2.96. The third-order valence-corrected chi connectivity index (χ3v) is 4.36. The van der Waals surface area contributed by atoms with Gasteiger partial charge in [0.25, 0.3) is 5.69 Å². The lowest BCUT2D eigenvalue weighted by molar-refractivity contribution is -0.385. The number of sulfonamides is 1. The summed E-state index contributed by atoms with van der Waals surface area (Å²) in [6, 6.07) is 4.86. The molecule has 112 valence electrons. The van der Waals surface area contributed by atoms with Crippen molar-refractivity contribution in [3.8, 4) is 0 Å². The van der Waals surface area contributed by atoms with E-state index in [4.69, 9.17) is 4.52 Å². The Morgan fingerprint density at radius 1 is 1.38 bits per heavy atom. The molecule has 21 heavy (non-hydrogen) atoms. The summed E-state index contributed by atoms with van der Waals surface area (Å²) in [7, 11) is -3.85. The van der Waals surface area contributed by atoms with Gasteiger partial charge in [0.05, 0.1) is 15.5 Å². The second-order valence-corrected chi connectivity index (χ2v) is 6.15. The van der Waals surface area contributed by atoms with E-state index in [1.807, 2.05) is 0 Å². The monoisotopic (exact) mass is 311 g/mol. The van der Waals surface area contributed by atoms with E-state index in [2.05, 4.69) is 9.88 Å². The Bertz CT molecular complexity index is 762. The fraction of sp³-hybridized carbons (Fsp3) is 0.250. The lowest BCUT2D eigenvalue weighted by atomic mass is 10.2. The van der Waals surface area contributed by atoms with Crippen molar-refractivity contribution in [3.63, 3.8) is 0 Å². The van der Waals surface area contributed by atoms with Gasteiger partial charge in [0.1, 0.15) is 5.76 Å². The van der Waals surface area contributed by atoms with Gasteiger partial charge in [-0.2, -0.15) is 0 Å². The van der Waals surface area contributed by atoms with Gasteiger partial charge in [-0.15, -0.1) is 0 Å². The average Bonchev–Trinajstić information content (AvgIpc) is 2.76. The SMILES string of the molecule is Cc1noc(C)c1CNS(=O)(=O)c1cccc([N+](=O)[O-])c1. The van der Waals surface area contributed by atoms with Gasteiger partial charge in [-0.25, -0.2) is 13.1 Å². The molecule has 0 saturated heterocycles. The molecule has 0 bridgehead atoms. The topological polar surface area (TPSA) is 115 Å². The number of hydrogen-bond donors (Lipinski definition) is 1. The van der Waals surface area contributed by atoms with Gasteiger partial charge in [-0.3, -0.25) is 10.1 Å². The van der Waals surface area contributed by atoms with Crippen LogP contribution in [0.2, 0.25) is 0 Å². The number of nitrogens with one attached hydrogen (secondary N) is 1. The average molecular weight is 311 g/mol. The van der Waals surface area contributed by atoms with Gasteiger partial charge in [0, 0.05) is 24.2 Å². The highest BCUT2D eigenvalue weighted by Crippen LogP contribution is 2.18. The predicted molar refractivity (Wildman–Crippen MR) is 73.1 cm³/mol. The fourth-order valence-electron chi connectivity index (χ4n) is 1.77. The Kier molecular flexibility index (Phi) is 4.05. The molecule has 0 amide bonds. The van der Waals surface area contributed by atoms with Crippen LogP contribution in [0.5, 0.6) is 0 Å². The van der Waals surface area contributed by atoms with Crippen LogP contribution in [0.3, 0.4) is 0 Å². The number of hydrogen-bond acceptors (Lipinski definition) is 6. The maximum atomic E-state index is 12.1. The Labute approximate surface area is 121 Å². The molecule has 8 nitrogen and oxygen atoms in total. The summed E-state index contributed by atoms with van der Waals surface area (Å²) in [6.07, 6.45) is 0. The van der Waals surface area contributed by atoms with Crippen LogP contribution in [0.25, 0.3) is 0 Å². The number of aryl methyl sites for hydroxylation is 2. The van der Waals surface area contributed by atoms with Crippen molar-refractivity contribution >= 4 is 15.7 Å². The van der Waals surface area contributed by atoms with Gasteiger partial charge in [-0.05, 0) is 19.9 Å². The van der Waals surface area contributed by atoms with Crippen molar-refractivity contribution in [2.45, 2.75) is 25.3 Å². The Morgan fingerprint density at radius 2 is 2.10 bits per heavy atom. The van der Waals surface area contributed by atoms with E-state index in [0.29, 0.717) is 17.0 Å². The molecular weight excluding hydrogens is 298 g/mol. The summed E-state index contributed by atoms with van der Waals surface area (Å²) in [5.41, 5.74) is 0.952. The first-order valence-corrected chi connectivity index (χ1v) is 7.45. The lowest BCUT2D eigenvalue weighted by Crippen LogP contribution is -2.23. The normalized spacial score (nSPS) is 11.5. The second-order valence-electron chi connectivity index (χ2n) is 4.38. The van der Waals surface area contributed by atoms with E-state index in [1.54, 1.807) is 13.8 Å². The molecule has 0 aliphatic heterocycles. The van der Waals surface area contributed by atoms with E-state index in [-0.39, 0.29) is 17.1 Å². The number of nitro groups is 1. The number of benzene rings is 1. The maximum Gasteiger partial charge on any atom is 0.270 e. The molecule has 0 aliphatic rings. The first-order chi connectivity index (χ1) is 9.81. The zero-order valence-corrected chi connectivity index (χ0v) is 12.2. The van der Waals surface area contributed by atoms with Crippen molar-refractivity contribution in [2.75, 3.05) is 0 Å². The Hall–Kier alpha value is -2.26. The number of aromatic nitrogens is 1. The van der Waals surface area contributed by atoms with Crippen LogP contribution in [0, 0.1) is 24.0 Å². The summed E-state index contributed by atoms with van der Waals surface area (Å²) < 4.78 is 31.6. The predicted octanol–water partition coefficient (Wildman–Crippen LogP) is 1.68. The highest BCUT2D eigenvalue weighted by atomic mass is 32.2. The maximum absolute atomic E-state index is 12.1. The van der Waals surface area contributed by atoms with Crippen LogP contribution in [-0.2, 0) is 16.6 Å². The van der Waals surface area contributed by atoms with Crippen LogP contribution >= 0.6 is 0 Å². The van der Waals surface area contributed by atoms with Crippen LogP contribution in [0.1, 0.15) is 17.0 Å².